The Morgan fingerprint density at radius 3 is 0.692 bits per heavy atom. The molecule has 0 N–H and O–H groups in total. The summed E-state index contributed by atoms with van der Waals surface area (Å²) in [6.07, 6.45) is 0. The summed E-state index contributed by atoms with van der Waals surface area (Å²) in [5.74, 6) is 0. The third-order valence-electron chi connectivity index (χ3n) is 2.60. The molecule has 0 aromatic carbocycles. The van der Waals surface area contributed by atoms with Gasteiger partial charge in [0.1, 0.15) is 0 Å². The lowest BCUT2D eigenvalue weighted by atomic mass is 11.8. The van der Waals surface area contributed by atoms with Gasteiger partial charge in [0.15, 0.2) is 0 Å². The molecule has 0 fully saturated rings. The monoisotopic (exact) mass is 249 g/mol. The van der Waals surface area contributed by atoms with E-state index in [1.165, 1.54) is 0 Å². The van der Waals surface area contributed by atoms with Crippen molar-refractivity contribution in [2.75, 3.05) is 0 Å². The van der Waals surface area contributed by atoms with Crippen LogP contribution in [0.3, 0.4) is 0 Å². The average Bonchev–Trinajstić information content (AvgIpc) is 1.44. The van der Waals surface area contributed by atoms with E-state index in [2.05, 4.69) is 58.9 Å². The van der Waals surface area contributed by atoms with Crippen LogP contribution in [0.25, 0.3) is 0 Å². The first-order valence-corrected chi connectivity index (χ1v) is 21.3. The van der Waals surface area contributed by atoms with E-state index < -0.39 is 22.8 Å². The van der Waals surface area contributed by atoms with Crippen molar-refractivity contribution in [2.45, 2.75) is 58.9 Å². The molecular formula is C9H29Si4-. The Balaban J connectivity index is 0. The molecule has 0 spiro atoms. The zero-order valence-corrected chi connectivity index (χ0v) is 15.2. The van der Waals surface area contributed by atoms with Crippen molar-refractivity contribution in [3.05, 3.63) is 0 Å². The van der Waals surface area contributed by atoms with E-state index in [4.69, 9.17) is 0 Å². The van der Waals surface area contributed by atoms with Crippen LogP contribution >= 0.6 is 0 Å². The van der Waals surface area contributed by atoms with Gasteiger partial charge < -0.3 is 1.43 Å². The van der Waals surface area contributed by atoms with E-state index in [1.54, 1.807) is 0 Å². The molecule has 0 aliphatic rings. The van der Waals surface area contributed by atoms with Crippen LogP contribution in [-0.4, -0.2) is 30.1 Å². The van der Waals surface area contributed by atoms with Crippen LogP contribution in [0.1, 0.15) is 1.43 Å². The van der Waals surface area contributed by atoms with Gasteiger partial charge in [0.05, 0.1) is 0 Å². The molecule has 0 nitrogen and oxygen atoms in total. The van der Waals surface area contributed by atoms with E-state index >= 15 is 0 Å². The molecule has 0 amide bonds. The van der Waals surface area contributed by atoms with Gasteiger partial charge in [-0.1, -0.05) is 58.9 Å². The van der Waals surface area contributed by atoms with Crippen molar-refractivity contribution in [3.8, 4) is 0 Å². The maximum atomic E-state index is 2.63. The van der Waals surface area contributed by atoms with Crippen LogP contribution in [0.4, 0.5) is 0 Å². The van der Waals surface area contributed by atoms with Crippen molar-refractivity contribution in [1.29, 1.82) is 0 Å². The summed E-state index contributed by atoms with van der Waals surface area (Å²) >= 11 is 0. The molecule has 0 aliphatic heterocycles. The van der Waals surface area contributed by atoms with Gasteiger partial charge in [-0.3, -0.25) is 0 Å². The van der Waals surface area contributed by atoms with Crippen LogP contribution in [0.15, 0.2) is 0 Å². The van der Waals surface area contributed by atoms with Gasteiger partial charge >= 0.3 is 0 Å². The molecular weight excluding hydrogens is 220 g/mol. The maximum absolute atomic E-state index is 2.63. The predicted octanol–water partition coefficient (Wildman–Crippen LogP) is 3.58. The van der Waals surface area contributed by atoms with Crippen molar-refractivity contribution in [2.24, 2.45) is 0 Å². The van der Waals surface area contributed by atoms with E-state index in [0.717, 1.165) is 0 Å². The second-order valence-electron chi connectivity index (χ2n) is 7.53. The highest BCUT2D eigenvalue weighted by atomic mass is 29.9. The number of rotatable bonds is 3. The van der Waals surface area contributed by atoms with Crippen LogP contribution in [0.2, 0.25) is 58.9 Å². The first-order valence-electron chi connectivity index (χ1n) is 5.37. The fraction of sp³-hybridized carbons (Fsp3) is 1.00. The van der Waals surface area contributed by atoms with E-state index in [1.807, 2.05) is 0 Å². The SMILES string of the molecule is C[Si](C)(C)[SiH]([Si](C)(C)C)[Si](C)(C)C.[H-]. The molecule has 4 heteroatoms. The molecule has 0 aliphatic carbocycles. The predicted molar refractivity (Wildman–Crippen MR) is 78.3 cm³/mol. The van der Waals surface area contributed by atoms with Crippen molar-refractivity contribution in [1.82, 2.24) is 0 Å². The summed E-state index contributed by atoms with van der Waals surface area (Å²) in [6, 6.07) is 0. The zero-order chi connectivity index (χ0) is 11.1. The third kappa shape index (κ3) is 4.27. The van der Waals surface area contributed by atoms with Crippen molar-refractivity contribution in [3.63, 3.8) is 0 Å². The first-order chi connectivity index (χ1) is 5.37. The highest BCUT2D eigenvalue weighted by molar-refractivity contribution is 7.81. The standard InChI is InChI=1S/C9H28Si4.H/c1-11(2,3)10(12(4,5)6)13(7,8)9;/h10H,1-9H3;/q;-1. The number of hydrogen-bond acceptors (Lipinski definition) is 0. The minimum absolute atomic E-state index is 0. The highest BCUT2D eigenvalue weighted by Gasteiger charge is 2.46. The van der Waals surface area contributed by atoms with Crippen LogP contribution in [0.5, 0.6) is 0 Å². The number of hydrogen-bond donors (Lipinski definition) is 0. The van der Waals surface area contributed by atoms with Crippen molar-refractivity contribution < 1.29 is 1.43 Å². The minimum atomic E-state index is -0.795. The maximum Gasteiger partial charge on any atom is 0.0300 e. The van der Waals surface area contributed by atoms with Gasteiger partial charge in [0.25, 0.3) is 0 Å². The quantitative estimate of drug-likeness (QED) is 0.671. The lowest BCUT2D eigenvalue weighted by Gasteiger charge is -2.45. The Hall–Kier alpha value is 0.868. The summed E-state index contributed by atoms with van der Waals surface area (Å²) in [5, 5.41) is 0. The fourth-order valence-corrected chi connectivity index (χ4v) is 105. The molecule has 13 heavy (non-hydrogen) atoms. The van der Waals surface area contributed by atoms with Gasteiger partial charge in [0, 0.05) is 30.1 Å². The van der Waals surface area contributed by atoms with Gasteiger partial charge in [-0.2, -0.15) is 0 Å². The lowest BCUT2D eigenvalue weighted by Crippen LogP contribution is -2.70. The van der Waals surface area contributed by atoms with E-state index in [-0.39, 0.29) is 8.78 Å². The summed E-state index contributed by atoms with van der Waals surface area (Å²) in [4.78, 5) is 0. The van der Waals surface area contributed by atoms with Gasteiger partial charge in [-0.15, -0.1) is 0 Å². The molecule has 0 bridgehead atoms. The van der Waals surface area contributed by atoms with Gasteiger partial charge in [-0.05, 0) is 0 Å². The second-order valence-corrected chi connectivity index (χ2v) is 48.6. The third-order valence-corrected chi connectivity index (χ3v) is 70.1. The normalized spacial score (nSPS) is 15.2. The smallest absolute Gasteiger partial charge is 0.0300 e. The van der Waals surface area contributed by atoms with Crippen LogP contribution in [-0.2, 0) is 0 Å². The van der Waals surface area contributed by atoms with E-state index in [9.17, 15) is 0 Å². The highest BCUT2D eigenvalue weighted by Crippen LogP contribution is 2.25. The van der Waals surface area contributed by atoms with Gasteiger partial charge in [-0.25, -0.2) is 0 Å². The van der Waals surface area contributed by atoms with Crippen LogP contribution < -0.4 is 0 Å². The molecule has 0 atom stereocenters. The Labute approximate surface area is 90.6 Å². The molecule has 82 valence electrons. The molecule has 0 heterocycles. The zero-order valence-electron chi connectivity index (χ0n) is 12.1. The largest absolute Gasteiger partial charge is 1.00 e. The lowest BCUT2D eigenvalue weighted by molar-refractivity contribution is 1.77. The Kier molecular flexibility index (Phi) is 4.04. The second kappa shape index (κ2) is 3.79. The van der Waals surface area contributed by atoms with Gasteiger partial charge in [0.2, 0.25) is 0 Å². The topological polar surface area (TPSA) is 0 Å². The molecule has 0 radical (unpaired) electrons. The molecule has 0 unspecified atom stereocenters. The molecule has 0 aromatic heterocycles. The Bertz CT molecular complexity index is 139. The van der Waals surface area contributed by atoms with Crippen LogP contribution in [0, 0.1) is 0 Å². The summed E-state index contributed by atoms with van der Waals surface area (Å²) in [7, 11) is -2.77. The molecule has 0 saturated heterocycles. The average molecular weight is 250 g/mol. The summed E-state index contributed by atoms with van der Waals surface area (Å²) in [5.41, 5.74) is 0. The Morgan fingerprint density at radius 1 is 0.538 bits per heavy atom. The van der Waals surface area contributed by atoms with E-state index in [0.29, 0.717) is 0 Å². The molecule has 0 saturated carbocycles. The first kappa shape index (κ1) is 13.9. The molecule has 0 aromatic rings. The summed E-state index contributed by atoms with van der Waals surface area (Å²) in [6.45, 7) is 23.6. The fourth-order valence-electron chi connectivity index (χ4n) is 3.90. The molecule has 0 rings (SSSR count). The van der Waals surface area contributed by atoms with Crippen molar-refractivity contribution >= 4 is 30.1 Å². The Morgan fingerprint density at radius 2 is 0.692 bits per heavy atom. The minimum Gasteiger partial charge on any atom is -1.00 e. The summed E-state index contributed by atoms with van der Waals surface area (Å²) < 4.78 is 0.